The topological polar surface area (TPSA) is 202 Å². The molecular weight excluding hydrogens is 396 g/mol. The van der Waals surface area contributed by atoms with Crippen LogP contribution in [0.4, 0.5) is 0 Å². The quantitative estimate of drug-likeness (QED) is 0.218. The number of aliphatic hydroxyl groups excluding tert-OH is 5. The van der Waals surface area contributed by atoms with Gasteiger partial charge in [-0.15, -0.1) is 0 Å². The van der Waals surface area contributed by atoms with Crippen LogP contribution in [0.2, 0.25) is 0 Å². The lowest BCUT2D eigenvalue weighted by Gasteiger charge is -2.44. The molecule has 0 aromatic rings. The van der Waals surface area contributed by atoms with E-state index >= 15 is 0 Å². The maximum absolute atomic E-state index is 10.8. The lowest BCUT2D eigenvalue weighted by atomic mass is 9.98. The van der Waals surface area contributed by atoms with Crippen LogP contribution in [0.5, 0.6) is 0 Å². The molecule has 14 heteroatoms. The van der Waals surface area contributed by atoms with Gasteiger partial charge in [-0.3, -0.25) is 4.55 Å². The van der Waals surface area contributed by atoms with Gasteiger partial charge in [0, 0.05) is 13.5 Å². The second-order valence-corrected chi connectivity index (χ2v) is 7.26. The summed E-state index contributed by atoms with van der Waals surface area (Å²) in [6.07, 6.45) is -12.6. The van der Waals surface area contributed by atoms with Gasteiger partial charge >= 0.3 is 10.4 Å². The molecule has 2 rings (SSSR count). The van der Waals surface area contributed by atoms with Crippen LogP contribution >= 0.6 is 0 Å². The summed E-state index contributed by atoms with van der Waals surface area (Å²) in [4.78, 5) is 0. The van der Waals surface area contributed by atoms with Gasteiger partial charge in [-0.1, -0.05) is 0 Å². The molecule has 2 aliphatic heterocycles. The van der Waals surface area contributed by atoms with E-state index in [0.29, 0.717) is 0 Å². The van der Waals surface area contributed by atoms with Crippen LogP contribution in [0, 0.1) is 0 Å². The molecule has 0 radical (unpaired) electrons. The van der Waals surface area contributed by atoms with Crippen LogP contribution in [0.25, 0.3) is 0 Å². The van der Waals surface area contributed by atoms with Gasteiger partial charge < -0.3 is 44.5 Å². The smallest absolute Gasteiger partial charge is 0.394 e. The first-order valence-electron chi connectivity index (χ1n) is 8.01. The van der Waals surface area contributed by atoms with Gasteiger partial charge in [0.05, 0.1) is 19.3 Å². The van der Waals surface area contributed by atoms with Crippen molar-refractivity contribution in [3.05, 3.63) is 0 Å². The Labute approximate surface area is 154 Å². The Hall–Kier alpha value is -0.490. The summed E-state index contributed by atoms with van der Waals surface area (Å²) in [6.45, 7) is -1.37. The zero-order chi connectivity index (χ0) is 20.4. The monoisotopic (exact) mass is 420 g/mol. The summed E-state index contributed by atoms with van der Waals surface area (Å²) in [5.74, 6) is 0. The summed E-state index contributed by atoms with van der Waals surface area (Å²) >= 11 is 0. The Kier molecular flexibility index (Phi) is 7.88. The molecule has 2 fully saturated rings. The number of hydrogen-bond acceptors (Lipinski definition) is 12. The molecule has 0 bridgehead atoms. The van der Waals surface area contributed by atoms with E-state index in [0.717, 1.165) is 0 Å². The second kappa shape index (κ2) is 9.34. The minimum absolute atomic E-state index is 0.199. The molecule has 2 saturated heterocycles. The average molecular weight is 420 g/mol. The predicted octanol–water partition coefficient (Wildman–Crippen LogP) is -3.89. The Morgan fingerprint density at radius 2 is 1.63 bits per heavy atom. The normalized spacial score (nSPS) is 43.6. The Morgan fingerprint density at radius 1 is 1.00 bits per heavy atom. The highest BCUT2D eigenvalue weighted by Gasteiger charge is 2.49. The first-order chi connectivity index (χ1) is 12.6. The SMILES string of the molecule is CO[C@@H]1O[C@@H](COS(=O)(=O)O)[C@@H](O[C@@H]2OC(CO)[C@H](O)C[C@@H]2O)C(O)C1O. The number of hydrogen-bond donors (Lipinski definition) is 6. The summed E-state index contributed by atoms with van der Waals surface area (Å²) in [6, 6.07) is 0. The van der Waals surface area contributed by atoms with Crippen LogP contribution in [0.1, 0.15) is 6.42 Å². The first-order valence-corrected chi connectivity index (χ1v) is 9.38. The second-order valence-electron chi connectivity index (χ2n) is 6.17. The highest BCUT2D eigenvalue weighted by molar-refractivity contribution is 7.80. The van der Waals surface area contributed by atoms with E-state index in [9.17, 15) is 34.0 Å². The molecule has 0 spiro atoms. The van der Waals surface area contributed by atoms with E-state index < -0.39 is 78.9 Å². The van der Waals surface area contributed by atoms with Crippen molar-refractivity contribution >= 4 is 10.4 Å². The largest absolute Gasteiger partial charge is 0.397 e. The molecule has 9 atom stereocenters. The maximum Gasteiger partial charge on any atom is 0.397 e. The molecule has 0 aliphatic carbocycles. The molecule has 160 valence electrons. The fraction of sp³-hybridized carbons (Fsp3) is 1.00. The molecule has 0 aromatic carbocycles. The van der Waals surface area contributed by atoms with E-state index in [-0.39, 0.29) is 6.42 Å². The zero-order valence-corrected chi connectivity index (χ0v) is 15.1. The fourth-order valence-corrected chi connectivity index (χ4v) is 3.17. The number of rotatable bonds is 7. The van der Waals surface area contributed by atoms with E-state index in [1.807, 2.05) is 0 Å². The summed E-state index contributed by atoms with van der Waals surface area (Å²) in [5.41, 5.74) is 0. The van der Waals surface area contributed by atoms with E-state index in [1.165, 1.54) is 7.11 Å². The summed E-state index contributed by atoms with van der Waals surface area (Å²) < 4.78 is 55.4. The molecule has 2 heterocycles. The van der Waals surface area contributed by atoms with Crippen molar-refractivity contribution < 1.29 is 61.6 Å². The van der Waals surface area contributed by atoms with Crippen molar-refractivity contribution in [2.45, 2.75) is 61.7 Å². The van der Waals surface area contributed by atoms with Gasteiger partial charge in [-0.2, -0.15) is 8.42 Å². The van der Waals surface area contributed by atoms with Crippen molar-refractivity contribution in [3.8, 4) is 0 Å². The van der Waals surface area contributed by atoms with Gasteiger partial charge in [0.25, 0.3) is 0 Å². The van der Waals surface area contributed by atoms with Crippen molar-refractivity contribution in [2.75, 3.05) is 20.3 Å². The number of aliphatic hydroxyl groups is 5. The lowest BCUT2D eigenvalue weighted by molar-refractivity contribution is -0.346. The van der Waals surface area contributed by atoms with Crippen LogP contribution in [-0.2, 0) is 33.5 Å². The van der Waals surface area contributed by atoms with Crippen molar-refractivity contribution in [1.82, 2.24) is 0 Å². The Morgan fingerprint density at radius 3 is 2.19 bits per heavy atom. The van der Waals surface area contributed by atoms with Crippen molar-refractivity contribution in [1.29, 1.82) is 0 Å². The first kappa shape index (κ1) is 22.8. The standard InChI is InChI=1S/C13H24O13S/c1-22-13-10(18)9(17)11(8(25-13)4-23-27(19,20)21)26-12-6(16)2-5(15)7(3-14)24-12/h5-18H,2-4H2,1H3,(H,19,20,21)/t5-,6+,7?,8+,9?,10?,11-,12+,13-/m1/s1. The van der Waals surface area contributed by atoms with E-state index in [2.05, 4.69) is 4.18 Å². The Bertz CT molecular complexity index is 571. The van der Waals surface area contributed by atoms with Gasteiger partial charge in [-0.25, -0.2) is 4.18 Å². The molecule has 0 amide bonds. The van der Waals surface area contributed by atoms with Gasteiger partial charge in [0.15, 0.2) is 12.6 Å². The molecule has 3 unspecified atom stereocenters. The van der Waals surface area contributed by atoms with Gasteiger partial charge in [-0.05, 0) is 0 Å². The third-order valence-corrected chi connectivity index (χ3v) is 4.69. The van der Waals surface area contributed by atoms with Crippen LogP contribution in [-0.4, -0.2) is 114 Å². The number of methoxy groups -OCH3 is 1. The third kappa shape index (κ3) is 5.75. The van der Waals surface area contributed by atoms with E-state index in [4.69, 9.17) is 23.5 Å². The van der Waals surface area contributed by atoms with Gasteiger partial charge in [0.2, 0.25) is 0 Å². The third-order valence-electron chi connectivity index (χ3n) is 4.26. The summed E-state index contributed by atoms with van der Waals surface area (Å²) in [5, 5.41) is 49.2. The minimum atomic E-state index is -4.83. The molecular formula is C13H24O13S. The van der Waals surface area contributed by atoms with Crippen LogP contribution in [0.15, 0.2) is 0 Å². The van der Waals surface area contributed by atoms with Gasteiger partial charge in [0.1, 0.15) is 36.6 Å². The molecule has 0 aromatic heterocycles. The van der Waals surface area contributed by atoms with E-state index in [1.54, 1.807) is 0 Å². The number of ether oxygens (including phenoxy) is 4. The molecule has 2 aliphatic rings. The van der Waals surface area contributed by atoms with Crippen molar-refractivity contribution in [2.24, 2.45) is 0 Å². The predicted molar refractivity (Wildman–Crippen MR) is 82.4 cm³/mol. The minimum Gasteiger partial charge on any atom is -0.394 e. The Balaban J connectivity index is 2.15. The lowest BCUT2D eigenvalue weighted by Crippen LogP contribution is -2.62. The van der Waals surface area contributed by atoms with Crippen LogP contribution < -0.4 is 0 Å². The fourth-order valence-electron chi connectivity index (χ4n) is 2.86. The molecule has 0 saturated carbocycles. The van der Waals surface area contributed by atoms with Crippen LogP contribution in [0.3, 0.4) is 0 Å². The highest BCUT2D eigenvalue weighted by atomic mass is 32.3. The molecule has 27 heavy (non-hydrogen) atoms. The zero-order valence-electron chi connectivity index (χ0n) is 14.3. The highest BCUT2D eigenvalue weighted by Crippen LogP contribution is 2.29. The molecule has 13 nitrogen and oxygen atoms in total. The molecule has 6 N–H and O–H groups in total. The van der Waals surface area contributed by atoms with Crippen molar-refractivity contribution in [3.63, 3.8) is 0 Å². The average Bonchev–Trinajstić information content (AvgIpc) is 2.59. The summed E-state index contributed by atoms with van der Waals surface area (Å²) in [7, 11) is -3.66. The maximum atomic E-state index is 10.8.